The van der Waals surface area contributed by atoms with Crippen molar-refractivity contribution in [3.8, 4) is 0 Å². The van der Waals surface area contributed by atoms with Gasteiger partial charge in [0.1, 0.15) is 0 Å². The van der Waals surface area contributed by atoms with Crippen LogP contribution in [0, 0.1) is 5.92 Å². The highest BCUT2D eigenvalue weighted by atomic mass is 16.5. The van der Waals surface area contributed by atoms with E-state index in [-0.39, 0.29) is 5.97 Å². The van der Waals surface area contributed by atoms with Gasteiger partial charge in [0, 0.05) is 11.7 Å². The molecule has 0 radical (unpaired) electrons. The summed E-state index contributed by atoms with van der Waals surface area (Å²) >= 11 is 0. The van der Waals surface area contributed by atoms with E-state index in [0.717, 1.165) is 18.0 Å². The Kier molecular flexibility index (Phi) is 5.45. The van der Waals surface area contributed by atoms with E-state index >= 15 is 0 Å². The topological polar surface area (TPSA) is 38.3 Å². The highest BCUT2D eigenvalue weighted by Crippen LogP contribution is 2.31. The van der Waals surface area contributed by atoms with Gasteiger partial charge in [-0.1, -0.05) is 26.2 Å². The van der Waals surface area contributed by atoms with Crippen LogP contribution in [0.15, 0.2) is 24.3 Å². The largest absolute Gasteiger partial charge is 0.462 e. The first-order chi connectivity index (χ1) is 9.69. The Labute approximate surface area is 121 Å². The van der Waals surface area contributed by atoms with E-state index in [1.54, 1.807) is 0 Å². The van der Waals surface area contributed by atoms with Crippen LogP contribution in [0.3, 0.4) is 0 Å². The lowest BCUT2D eigenvalue weighted by Gasteiger charge is -2.28. The summed E-state index contributed by atoms with van der Waals surface area (Å²) in [5, 5.41) is 3.50. The normalized spacial score (nSPS) is 16.3. The molecular weight excluding hydrogens is 250 g/mol. The number of carbonyl (C=O) groups is 1. The molecule has 2 rings (SSSR count). The quantitative estimate of drug-likeness (QED) is 0.756. The first kappa shape index (κ1) is 14.9. The van der Waals surface area contributed by atoms with Crippen LogP contribution >= 0.6 is 0 Å². The predicted octanol–water partition coefficient (Wildman–Crippen LogP) is 4.24. The van der Waals surface area contributed by atoms with Gasteiger partial charge in [-0.25, -0.2) is 4.79 Å². The molecule has 1 unspecified atom stereocenters. The Morgan fingerprint density at radius 2 is 2.05 bits per heavy atom. The lowest BCUT2D eigenvalue weighted by molar-refractivity contribution is 0.0505. The van der Waals surface area contributed by atoms with Crippen molar-refractivity contribution in [3.63, 3.8) is 0 Å². The van der Waals surface area contributed by atoms with Crippen molar-refractivity contribution in [1.29, 1.82) is 0 Å². The van der Waals surface area contributed by atoms with Gasteiger partial charge < -0.3 is 10.1 Å². The molecule has 3 nitrogen and oxygen atoms in total. The molecule has 0 aromatic heterocycles. The van der Waals surface area contributed by atoms with Gasteiger partial charge in [0.05, 0.1) is 12.2 Å². The number of benzene rings is 1. The van der Waals surface area contributed by atoms with E-state index in [9.17, 15) is 4.79 Å². The van der Waals surface area contributed by atoms with Gasteiger partial charge in [-0.15, -0.1) is 0 Å². The number of nitrogens with one attached hydrogen (secondary N) is 1. The van der Waals surface area contributed by atoms with Crippen molar-refractivity contribution < 1.29 is 9.53 Å². The predicted molar refractivity (Wildman–Crippen MR) is 82.1 cm³/mol. The molecule has 1 atom stereocenters. The third kappa shape index (κ3) is 4.26. The van der Waals surface area contributed by atoms with Crippen molar-refractivity contribution in [1.82, 2.24) is 0 Å². The molecule has 20 heavy (non-hydrogen) atoms. The molecule has 0 bridgehead atoms. The molecule has 0 heterocycles. The smallest absolute Gasteiger partial charge is 0.338 e. The zero-order valence-corrected chi connectivity index (χ0v) is 12.5. The Morgan fingerprint density at radius 1 is 1.35 bits per heavy atom. The van der Waals surface area contributed by atoms with E-state index in [0.29, 0.717) is 18.2 Å². The van der Waals surface area contributed by atoms with E-state index in [1.165, 1.54) is 25.7 Å². The lowest BCUT2D eigenvalue weighted by Crippen LogP contribution is -2.23. The van der Waals surface area contributed by atoms with Gasteiger partial charge in [-0.05, 0) is 49.9 Å². The molecule has 1 N–H and O–H groups in total. The zero-order chi connectivity index (χ0) is 14.4. The molecular formula is C17H25NO2. The maximum Gasteiger partial charge on any atom is 0.338 e. The van der Waals surface area contributed by atoms with Crippen LogP contribution in [0.5, 0.6) is 0 Å². The summed E-state index contributed by atoms with van der Waals surface area (Å²) in [6.45, 7) is 4.70. The van der Waals surface area contributed by atoms with E-state index < -0.39 is 0 Å². The second kappa shape index (κ2) is 7.32. The first-order valence-electron chi connectivity index (χ1n) is 7.72. The molecule has 1 aromatic carbocycles. The number of hydrogen-bond donors (Lipinski definition) is 1. The highest BCUT2D eigenvalue weighted by Gasteiger charge is 2.19. The highest BCUT2D eigenvalue weighted by molar-refractivity contribution is 5.89. The molecule has 0 amide bonds. The molecule has 1 aliphatic carbocycles. The van der Waals surface area contributed by atoms with Crippen LogP contribution in [0.25, 0.3) is 0 Å². The Balaban J connectivity index is 1.82. The fraction of sp³-hybridized carbons (Fsp3) is 0.588. The van der Waals surface area contributed by atoms with Crippen molar-refractivity contribution in [2.75, 3.05) is 11.9 Å². The minimum absolute atomic E-state index is 0.235. The minimum atomic E-state index is -0.235. The Morgan fingerprint density at radius 3 is 2.60 bits per heavy atom. The van der Waals surface area contributed by atoms with Gasteiger partial charge in [0.15, 0.2) is 0 Å². The van der Waals surface area contributed by atoms with Crippen LogP contribution in [0.2, 0.25) is 0 Å². The minimum Gasteiger partial charge on any atom is -0.462 e. The summed E-state index contributed by atoms with van der Waals surface area (Å²) in [4.78, 5) is 11.7. The number of anilines is 1. The van der Waals surface area contributed by atoms with E-state index in [4.69, 9.17) is 4.74 Å². The maximum atomic E-state index is 11.7. The molecule has 1 fully saturated rings. The van der Waals surface area contributed by atoms with E-state index in [1.807, 2.05) is 31.2 Å². The summed E-state index contributed by atoms with van der Waals surface area (Å²) in [6.07, 6.45) is 6.25. The van der Waals surface area contributed by atoms with Gasteiger partial charge in [0.25, 0.3) is 0 Å². The van der Waals surface area contributed by atoms with Crippen molar-refractivity contribution in [3.05, 3.63) is 29.8 Å². The van der Waals surface area contributed by atoms with Gasteiger partial charge >= 0.3 is 5.97 Å². The monoisotopic (exact) mass is 275 g/mol. The van der Waals surface area contributed by atoms with Crippen molar-refractivity contribution >= 4 is 11.7 Å². The van der Waals surface area contributed by atoms with Crippen molar-refractivity contribution in [2.24, 2.45) is 5.92 Å². The molecule has 1 aliphatic rings. The number of rotatable bonds is 7. The van der Waals surface area contributed by atoms with Crippen LogP contribution < -0.4 is 5.32 Å². The summed E-state index contributed by atoms with van der Waals surface area (Å²) in [7, 11) is 0. The fourth-order valence-electron chi connectivity index (χ4n) is 2.55. The number of ether oxygens (including phenoxy) is 1. The third-order valence-corrected chi connectivity index (χ3v) is 3.88. The van der Waals surface area contributed by atoms with Crippen LogP contribution in [0.1, 0.15) is 56.3 Å². The zero-order valence-electron chi connectivity index (χ0n) is 12.5. The van der Waals surface area contributed by atoms with Gasteiger partial charge in [-0.3, -0.25) is 0 Å². The average Bonchev–Trinajstić information content (AvgIpc) is 2.41. The second-order valence-corrected chi connectivity index (χ2v) is 5.79. The summed E-state index contributed by atoms with van der Waals surface area (Å²) in [5.41, 5.74) is 1.69. The fourth-order valence-corrected chi connectivity index (χ4v) is 2.55. The van der Waals surface area contributed by atoms with Gasteiger partial charge in [0.2, 0.25) is 0 Å². The molecule has 0 saturated heterocycles. The second-order valence-electron chi connectivity index (χ2n) is 5.79. The first-order valence-corrected chi connectivity index (χ1v) is 7.72. The Bertz CT molecular complexity index is 423. The number of hydrogen-bond acceptors (Lipinski definition) is 3. The molecule has 0 aliphatic heterocycles. The summed E-state index contributed by atoms with van der Waals surface area (Å²) in [5.74, 6) is 0.668. The molecule has 110 valence electrons. The van der Waals surface area contributed by atoms with Crippen LogP contribution in [-0.4, -0.2) is 18.6 Å². The van der Waals surface area contributed by atoms with Crippen molar-refractivity contribution in [2.45, 2.75) is 52.0 Å². The lowest BCUT2D eigenvalue weighted by atomic mass is 9.81. The Hall–Kier alpha value is -1.51. The molecule has 1 aromatic rings. The SMILES string of the molecule is CCCOC(=O)c1ccc(NC(C)CC2CCC2)cc1. The number of esters is 1. The summed E-state index contributed by atoms with van der Waals surface area (Å²) in [6, 6.07) is 8.06. The van der Waals surface area contributed by atoms with Crippen LogP contribution in [0.4, 0.5) is 5.69 Å². The van der Waals surface area contributed by atoms with E-state index in [2.05, 4.69) is 12.2 Å². The average molecular weight is 275 g/mol. The molecule has 0 spiro atoms. The van der Waals surface area contributed by atoms with Crippen LogP contribution in [-0.2, 0) is 4.74 Å². The third-order valence-electron chi connectivity index (χ3n) is 3.88. The number of carbonyl (C=O) groups excluding carboxylic acids is 1. The standard InChI is InChI=1S/C17H25NO2/c1-3-11-20-17(19)15-7-9-16(10-8-15)18-13(2)12-14-5-4-6-14/h7-10,13-14,18H,3-6,11-12H2,1-2H3. The molecule has 1 saturated carbocycles. The summed E-state index contributed by atoms with van der Waals surface area (Å²) < 4.78 is 5.11. The molecule has 3 heteroatoms. The van der Waals surface area contributed by atoms with Gasteiger partial charge in [-0.2, -0.15) is 0 Å². The maximum absolute atomic E-state index is 11.7.